The van der Waals surface area contributed by atoms with Gasteiger partial charge in [-0.25, -0.2) is 0 Å². The van der Waals surface area contributed by atoms with Crippen LogP contribution < -0.4 is 10.6 Å². The van der Waals surface area contributed by atoms with E-state index in [1.165, 1.54) is 50.8 Å². The minimum absolute atomic E-state index is 1.07. The molecule has 0 amide bonds. The third-order valence-electron chi connectivity index (χ3n) is 2.54. The molecule has 96 valence electrons. The Morgan fingerprint density at radius 3 is 1.94 bits per heavy atom. The fourth-order valence-corrected chi connectivity index (χ4v) is 1.54. The highest BCUT2D eigenvalue weighted by atomic mass is 15.1. The molecular weight excluding hydrogens is 196 g/mol. The van der Waals surface area contributed by atoms with Gasteiger partial charge in [0.25, 0.3) is 0 Å². The standard InChI is InChI=1S/C14H30N2/c1-4-7-8-9-10-11-14(15-12-5-2)16-13-6-3/h11,15-16H,4-10,12-13H2,1-3H3. The van der Waals surface area contributed by atoms with Crippen molar-refractivity contribution < 1.29 is 0 Å². The van der Waals surface area contributed by atoms with Gasteiger partial charge >= 0.3 is 0 Å². The lowest BCUT2D eigenvalue weighted by Crippen LogP contribution is -2.27. The van der Waals surface area contributed by atoms with Crippen LogP contribution in [-0.4, -0.2) is 13.1 Å². The first-order chi connectivity index (χ1) is 7.85. The van der Waals surface area contributed by atoms with Crippen LogP contribution in [0.3, 0.4) is 0 Å². The Kier molecular flexibility index (Phi) is 11.9. The molecule has 0 atom stereocenters. The van der Waals surface area contributed by atoms with E-state index in [0.29, 0.717) is 0 Å². The van der Waals surface area contributed by atoms with Crippen LogP contribution in [0, 0.1) is 0 Å². The number of nitrogens with one attached hydrogen (secondary N) is 2. The monoisotopic (exact) mass is 226 g/mol. The largest absolute Gasteiger partial charge is 0.372 e. The summed E-state index contributed by atoms with van der Waals surface area (Å²) >= 11 is 0. The first-order valence-electron chi connectivity index (χ1n) is 7.03. The maximum atomic E-state index is 3.45. The molecule has 16 heavy (non-hydrogen) atoms. The van der Waals surface area contributed by atoms with Gasteiger partial charge in [0.05, 0.1) is 5.82 Å². The maximum Gasteiger partial charge on any atom is 0.0945 e. The highest BCUT2D eigenvalue weighted by molar-refractivity contribution is 4.96. The highest BCUT2D eigenvalue weighted by Gasteiger charge is 1.93. The van der Waals surface area contributed by atoms with Gasteiger partial charge in [-0.2, -0.15) is 0 Å². The van der Waals surface area contributed by atoms with E-state index in [4.69, 9.17) is 0 Å². The zero-order chi connectivity index (χ0) is 12.1. The summed E-state index contributed by atoms with van der Waals surface area (Å²) in [5.41, 5.74) is 0. The third-order valence-corrected chi connectivity index (χ3v) is 2.54. The van der Waals surface area contributed by atoms with Crippen molar-refractivity contribution in [2.75, 3.05) is 13.1 Å². The molecule has 0 heterocycles. The minimum Gasteiger partial charge on any atom is -0.372 e. The van der Waals surface area contributed by atoms with Gasteiger partial charge in [0.2, 0.25) is 0 Å². The lowest BCUT2D eigenvalue weighted by Gasteiger charge is -2.12. The fraction of sp³-hybridized carbons (Fsp3) is 0.857. The first-order valence-corrected chi connectivity index (χ1v) is 7.03. The fourth-order valence-electron chi connectivity index (χ4n) is 1.54. The summed E-state index contributed by atoms with van der Waals surface area (Å²) in [5.74, 6) is 1.24. The Hall–Kier alpha value is -0.660. The second-order valence-electron chi connectivity index (χ2n) is 4.32. The zero-order valence-electron chi connectivity index (χ0n) is 11.4. The Balaban J connectivity index is 3.71. The lowest BCUT2D eigenvalue weighted by atomic mass is 10.1. The molecule has 0 saturated carbocycles. The normalized spacial score (nSPS) is 9.94. The van der Waals surface area contributed by atoms with Gasteiger partial charge in [-0.3, -0.25) is 0 Å². The summed E-state index contributed by atoms with van der Waals surface area (Å²) < 4.78 is 0. The van der Waals surface area contributed by atoms with Crippen molar-refractivity contribution in [1.82, 2.24) is 10.6 Å². The summed E-state index contributed by atoms with van der Waals surface area (Å²) in [6.07, 6.45) is 11.2. The van der Waals surface area contributed by atoms with Crippen molar-refractivity contribution in [2.45, 2.75) is 65.7 Å². The van der Waals surface area contributed by atoms with Gasteiger partial charge in [-0.1, -0.05) is 40.0 Å². The summed E-state index contributed by atoms with van der Waals surface area (Å²) in [4.78, 5) is 0. The molecule has 0 aromatic rings. The molecule has 0 bridgehead atoms. The van der Waals surface area contributed by atoms with E-state index in [9.17, 15) is 0 Å². The Bertz CT molecular complexity index is 154. The number of rotatable bonds is 11. The molecule has 0 rings (SSSR count). The lowest BCUT2D eigenvalue weighted by molar-refractivity contribution is 0.640. The van der Waals surface area contributed by atoms with Crippen LogP contribution in [0.4, 0.5) is 0 Å². The van der Waals surface area contributed by atoms with E-state index in [0.717, 1.165) is 13.1 Å². The third kappa shape index (κ3) is 9.88. The Morgan fingerprint density at radius 1 is 0.812 bits per heavy atom. The Labute approximate surface area is 102 Å². The highest BCUT2D eigenvalue weighted by Crippen LogP contribution is 2.03. The van der Waals surface area contributed by atoms with Crippen molar-refractivity contribution in [2.24, 2.45) is 0 Å². The van der Waals surface area contributed by atoms with Crippen molar-refractivity contribution in [1.29, 1.82) is 0 Å². The SMILES string of the molecule is CCCCCCC=C(NCCC)NCCC. The summed E-state index contributed by atoms with van der Waals surface area (Å²) in [6.45, 7) is 8.79. The Morgan fingerprint density at radius 2 is 1.44 bits per heavy atom. The van der Waals surface area contributed by atoms with Crippen LogP contribution in [0.1, 0.15) is 65.7 Å². The molecule has 0 aromatic heterocycles. The summed E-state index contributed by atoms with van der Waals surface area (Å²) in [6, 6.07) is 0. The molecule has 0 saturated heterocycles. The molecule has 0 unspecified atom stereocenters. The van der Waals surface area contributed by atoms with Crippen molar-refractivity contribution >= 4 is 0 Å². The molecule has 0 spiro atoms. The molecule has 0 fully saturated rings. The van der Waals surface area contributed by atoms with Gasteiger partial charge in [0.1, 0.15) is 0 Å². The molecule has 0 radical (unpaired) electrons. The quantitative estimate of drug-likeness (QED) is 0.524. The van der Waals surface area contributed by atoms with E-state index in [2.05, 4.69) is 37.5 Å². The van der Waals surface area contributed by atoms with E-state index in [1.54, 1.807) is 0 Å². The predicted octanol–water partition coefficient (Wildman–Crippen LogP) is 3.80. The molecule has 0 aliphatic rings. The van der Waals surface area contributed by atoms with E-state index in [-0.39, 0.29) is 0 Å². The van der Waals surface area contributed by atoms with Crippen molar-refractivity contribution in [3.8, 4) is 0 Å². The molecule has 2 heteroatoms. The first kappa shape index (κ1) is 15.3. The second-order valence-corrected chi connectivity index (χ2v) is 4.32. The molecule has 2 N–H and O–H groups in total. The molecule has 2 nitrogen and oxygen atoms in total. The van der Waals surface area contributed by atoms with Gasteiger partial charge in [0, 0.05) is 13.1 Å². The zero-order valence-corrected chi connectivity index (χ0v) is 11.4. The van der Waals surface area contributed by atoms with Gasteiger partial charge in [-0.05, 0) is 31.8 Å². The number of hydrogen-bond acceptors (Lipinski definition) is 2. The van der Waals surface area contributed by atoms with E-state index < -0.39 is 0 Å². The van der Waals surface area contributed by atoms with Crippen LogP contribution in [0.5, 0.6) is 0 Å². The van der Waals surface area contributed by atoms with Gasteiger partial charge in [0.15, 0.2) is 0 Å². The van der Waals surface area contributed by atoms with Crippen LogP contribution in [-0.2, 0) is 0 Å². The predicted molar refractivity (Wildman–Crippen MR) is 73.4 cm³/mol. The van der Waals surface area contributed by atoms with Gasteiger partial charge < -0.3 is 10.6 Å². The average Bonchev–Trinajstić information content (AvgIpc) is 2.31. The topological polar surface area (TPSA) is 24.1 Å². The number of allylic oxidation sites excluding steroid dienone is 1. The van der Waals surface area contributed by atoms with Crippen molar-refractivity contribution in [3.05, 3.63) is 11.9 Å². The van der Waals surface area contributed by atoms with Crippen LogP contribution in [0.15, 0.2) is 11.9 Å². The second kappa shape index (κ2) is 12.4. The van der Waals surface area contributed by atoms with Crippen LogP contribution in [0.2, 0.25) is 0 Å². The van der Waals surface area contributed by atoms with Crippen LogP contribution >= 0.6 is 0 Å². The minimum atomic E-state index is 1.07. The molecular formula is C14H30N2. The number of unbranched alkanes of at least 4 members (excludes halogenated alkanes) is 4. The smallest absolute Gasteiger partial charge is 0.0945 e. The maximum absolute atomic E-state index is 3.45. The molecule has 0 aliphatic heterocycles. The van der Waals surface area contributed by atoms with Crippen molar-refractivity contribution in [3.63, 3.8) is 0 Å². The molecule has 0 aliphatic carbocycles. The summed E-state index contributed by atoms with van der Waals surface area (Å²) in [5, 5.41) is 6.89. The average molecular weight is 226 g/mol. The van der Waals surface area contributed by atoms with E-state index in [1.807, 2.05) is 0 Å². The van der Waals surface area contributed by atoms with Gasteiger partial charge in [-0.15, -0.1) is 0 Å². The molecule has 0 aromatic carbocycles. The summed E-state index contributed by atoms with van der Waals surface area (Å²) in [7, 11) is 0. The van der Waals surface area contributed by atoms with Crippen LogP contribution in [0.25, 0.3) is 0 Å². The van der Waals surface area contributed by atoms with E-state index >= 15 is 0 Å². The number of hydrogen-bond donors (Lipinski definition) is 2.